The minimum absolute atomic E-state index is 0.242. The highest BCUT2D eigenvalue weighted by atomic mass is 32.1. The number of thiazole rings is 1. The summed E-state index contributed by atoms with van der Waals surface area (Å²) in [5.41, 5.74) is 2.65. The molecule has 0 saturated heterocycles. The van der Waals surface area contributed by atoms with Crippen molar-refractivity contribution >= 4 is 33.4 Å². The first-order chi connectivity index (χ1) is 13.4. The zero-order chi connectivity index (χ0) is 19.8. The molecule has 1 unspecified atom stereocenters. The van der Waals surface area contributed by atoms with Crippen molar-refractivity contribution in [2.24, 2.45) is 0 Å². The van der Waals surface area contributed by atoms with Crippen LogP contribution in [0.3, 0.4) is 0 Å². The summed E-state index contributed by atoms with van der Waals surface area (Å²) in [6.07, 6.45) is 1.63. The monoisotopic (exact) mass is 398 g/mol. The second-order valence-corrected chi connectivity index (χ2v) is 7.56. The number of amides is 1. The fourth-order valence-electron chi connectivity index (χ4n) is 2.98. The molecule has 1 amide bonds. The number of nitrogens with zero attached hydrogens (tertiary/aromatic N) is 3. The Morgan fingerprint density at radius 1 is 1.18 bits per heavy atom. The Labute approximate surface area is 163 Å². The van der Waals surface area contributed by atoms with E-state index in [4.69, 9.17) is 0 Å². The van der Waals surface area contributed by atoms with Crippen molar-refractivity contribution in [3.8, 4) is 11.3 Å². The van der Waals surface area contributed by atoms with Crippen LogP contribution in [0.2, 0.25) is 0 Å². The molecule has 8 heteroatoms. The summed E-state index contributed by atoms with van der Waals surface area (Å²) in [6, 6.07) is 10.7. The van der Waals surface area contributed by atoms with Gasteiger partial charge in [0.05, 0.1) is 23.1 Å². The number of hydrogen-bond acceptors (Lipinski definition) is 4. The van der Waals surface area contributed by atoms with E-state index in [2.05, 4.69) is 15.3 Å². The molecule has 0 bridgehead atoms. The van der Waals surface area contributed by atoms with Gasteiger partial charge in [0.25, 0.3) is 0 Å². The third-order valence-electron chi connectivity index (χ3n) is 4.50. The minimum atomic E-state index is -0.934. The first-order valence-corrected chi connectivity index (χ1v) is 9.41. The maximum Gasteiger partial charge on any atom is 0.248 e. The van der Waals surface area contributed by atoms with Crippen LogP contribution < -0.4 is 5.32 Å². The molecule has 5 nitrogen and oxygen atoms in total. The number of rotatable bonds is 4. The van der Waals surface area contributed by atoms with Crippen LogP contribution in [0, 0.1) is 18.6 Å². The Morgan fingerprint density at radius 2 is 1.96 bits per heavy atom. The van der Waals surface area contributed by atoms with E-state index in [0.717, 1.165) is 28.0 Å². The van der Waals surface area contributed by atoms with Crippen molar-refractivity contribution in [3.05, 3.63) is 65.3 Å². The molecule has 0 aliphatic heterocycles. The van der Waals surface area contributed by atoms with E-state index in [0.29, 0.717) is 16.4 Å². The highest BCUT2D eigenvalue weighted by Crippen LogP contribution is 2.31. The van der Waals surface area contributed by atoms with Crippen molar-refractivity contribution in [2.75, 3.05) is 5.32 Å². The fourth-order valence-corrected chi connectivity index (χ4v) is 3.82. The van der Waals surface area contributed by atoms with Gasteiger partial charge in [0.1, 0.15) is 6.04 Å². The van der Waals surface area contributed by atoms with Crippen LogP contribution in [0.15, 0.2) is 48.8 Å². The number of nitrogens with one attached hydrogen (secondary N) is 1. The van der Waals surface area contributed by atoms with Crippen LogP contribution in [-0.4, -0.2) is 20.4 Å². The average Bonchev–Trinajstić information content (AvgIpc) is 3.27. The van der Waals surface area contributed by atoms with Gasteiger partial charge < -0.3 is 9.88 Å². The van der Waals surface area contributed by atoms with E-state index in [1.807, 2.05) is 31.2 Å². The van der Waals surface area contributed by atoms with E-state index >= 15 is 0 Å². The number of fused-ring (bicyclic) bond motifs is 1. The number of carbonyl (C=O) groups is 1. The van der Waals surface area contributed by atoms with Gasteiger partial charge in [-0.1, -0.05) is 12.1 Å². The lowest BCUT2D eigenvalue weighted by atomic mass is 10.1. The number of hydrogen-bond donors (Lipinski definition) is 1. The number of carbonyl (C=O) groups excluding carboxylic acids is 1. The lowest BCUT2D eigenvalue weighted by Gasteiger charge is -2.13. The molecule has 4 aromatic rings. The molecule has 142 valence electrons. The molecular formula is C20H16F2N4OS. The third kappa shape index (κ3) is 3.27. The number of aryl methyl sites for hydroxylation is 1. The lowest BCUT2D eigenvalue weighted by Crippen LogP contribution is -2.23. The second-order valence-electron chi connectivity index (χ2n) is 6.36. The molecule has 2 aromatic carbocycles. The summed E-state index contributed by atoms with van der Waals surface area (Å²) in [7, 11) is 0. The Kier molecular flexibility index (Phi) is 4.64. The van der Waals surface area contributed by atoms with Gasteiger partial charge in [-0.25, -0.2) is 18.7 Å². The van der Waals surface area contributed by atoms with Crippen molar-refractivity contribution in [3.63, 3.8) is 0 Å². The Balaban J connectivity index is 1.57. The number of aromatic nitrogens is 3. The first-order valence-electron chi connectivity index (χ1n) is 8.59. The van der Waals surface area contributed by atoms with Crippen LogP contribution in [0.5, 0.6) is 0 Å². The van der Waals surface area contributed by atoms with Crippen molar-refractivity contribution in [2.45, 2.75) is 19.9 Å². The molecule has 1 atom stereocenters. The standard InChI is InChI=1S/C20H16F2N4OS/c1-11(26-10-23-16-5-3-4-6-17(16)26)19(27)25-20-24-18(12(2)28-20)13-7-8-14(21)15(22)9-13/h3-11H,1-2H3,(H,24,25,27). The molecule has 0 aliphatic rings. The van der Waals surface area contributed by atoms with Crippen LogP contribution in [-0.2, 0) is 4.79 Å². The zero-order valence-electron chi connectivity index (χ0n) is 15.1. The number of anilines is 1. The third-order valence-corrected chi connectivity index (χ3v) is 5.38. The largest absolute Gasteiger partial charge is 0.318 e. The molecule has 0 aliphatic carbocycles. The number of benzene rings is 2. The van der Waals surface area contributed by atoms with E-state index in [1.165, 1.54) is 17.4 Å². The predicted molar refractivity (Wildman–Crippen MR) is 105 cm³/mol. The number of imidazole rings is 1. The summed E-state index contributed by atoms with van der Waals surface area (Å²) in [4.78, 5) is 22.2. The molecule has 1 N–H and O–H groups in total. The summed E-state index contributed by atoms with van der Waals surface area (Å²) >= 11 is 1.28. The van der Waals surface area contributed by atoms with Gasteiger partial charge in [0, 0.05) is 10.4 Å². The summed E-state index contributed by atoms with van der Waals surface area (Å²) in [5, 5.41) is 3.21. The van der Waals surface area contributed by atoms with E-state index in [1.54, 1.807) is 17.8 Å². The molecule has 2 heterocycles. The maximum absolute atomic E-state index is 13.5. The van der Waals surface area contributed by atoms with Gasteiger partial charge >= 0.3 is 0 Å². The van der Waals surface area contributed by atoms with Crippen molar-refractivity contribution in [1.29, 1.82) is 0 Å². The van der Waals surface area contributed by atoms with Crippen molar-refractivity contribution < 1.29 is 13.6 Å². The molecule has 28 heavy (non-hydrogen) atoms. The van der Waals surface area contributed by atoms with E-state index in [-0.39, 0.29) is 5.91 Å². The number of para-hydroxylation sites is 2. The lowest BCUT2D eigenvalue weighted by molar-refractivity contribution is -0.118. The Hall–Kier alpha value is -3.13. The maximum atomic E-state index is 13.5. The molecule has 4 rings (SSSR count). The molecule has 0 radical (unpaired) electrons. The van der Waals surface area contributed by atoms with E-state index in [9.17, 15) is 13.6 Å². The smallest absolute Gasteiger partial charge is 0.248 e. The predicted octanol–water partition coefficient (Wildman–Crippen LogP) is 4.95. The SMILES string of the molecule is Cc1sc(NC(=O)C(C)n2cnc3ccccc32)nc1-c1ccc(F)c(F)c1. The molecular weight excluding hydrogens is 382 g/mol. The Bertz CT molecular complexity index is 1180. The van der Waals surface area contributed by atoms with Crippen LogP contribution in [0.1, 0.15) is 17.8 Å². The van der Waals surface area contributed by atoms with Crippen LogP contribution in [0.4, 0.5) is 13.9 Å². The minimum Gasteiger partial charge on any atom is -0.318 e. The molecule has 0 spiro atoms. The first kappa shape index (κ1) is 18.2. The second kappa shape index (κ2) is 7.12. The molecule has 2 aromatic heterocycles. The van der Waals surface area contributed by atoms with Gasteiger partial charge in [0.2, 0.25) is 5.91 Å². The van der Waals surface area contributed by atoms with Gasteiger partial charge in [-0.05, 0) is 44.2 Å². The average molecular weight is 398 g/mol. The Morgan fingerprint density at radius 3 is 2.75 bits per heavy atom. The van der Waals surface area contributed by atoms with Gasteiger partial charge in [-0.15, -0.1) is 11.3 Å². The van der Waals surface area contributed by atoms with Gasteiger partial charge in [-0.2, -0.15) is 0 Å². The zero-order valence-corrected chi connectivity index (χ0v) is 15.9. The van der Waals surface area contributed by atoms with Gasteiger partial charge in [0.15, 0.2) is 16.8 Å². The quantitative estimate of drug-likeness (QED) is 0.529. The topological polar surface area (TPSA) is 59.8 Å². The highest BCUT2D eigenvalue weighted by molar-refractivity contribution is 7.16. The van der Waals surface area contributed by atoms with Crippen LogP contribution in [0.25, 0.3) is 22.3 Å². The number of halogens is 2. The van der Waals surface area contributed by atoms with Crippen molar-refractivity contribution in [1.82, 2.24) is 14.5 Å². The highest BCUT2D eigenvalue weighted by Gasteiger charge is 2.20. The van der Waals surface area contributed by atoms with Gasteiger partial charge in [-0.3, -0.25) is 4.79 Å². The summed E-state index contributed by atoms with van der Waals surface area (Å²) in [5.74, 6) is -2.09. The van der Waals surface area contributed by atoms with Crippen LogP contribution >= 0.6 is 11.3 Å². The molecule has 0 fully saturated rings. The normalized spacial score (nSPS) is 12.3. The van der Waals surface area contributed by atoms with E-state index < -0.39 is 17.7 Å². The molecule has 0 saturated carbocycles. The summed E-state index contributed by atoms with van der Waals surface area (Å²) < 4.78 is 28.5. The fraction of sp³-hybridized carbons (Fsp3) is 0.150. The summed E-state index contributed by atoms with van der Waals surface area (Å²) in [6.45, 7) is 3.59.